The maximum atomic E-state index is 5.85. The van der Waals surface area contributed by atoms with Crippen LogP contribution in [0.3, 0.4) is 0 Å². The third-order valence-electron chi connectivity index (χ3n) is 2.96. The van der Waals surface area contributed by atoms with Crippen molar-refractivity contribution in [3.63, 3.8) is 0 Å². The number of aryl methyl sites for hydroxylation is 1. The highest BCUT2D eigenvalue weighted by Gasteiger charge is 2.11. The molecule has 6 heteroatoms. The summed E-state index contributed by atoms with van der Waals surface area (Å²) in [7, 11) is 0. The molecule has 6 nitrogen and oxygen atoms in total. The average molecular weight is 283 g/mol. The van der Waals surface area contributed by atoms with Crippen molar-refractivity contribution in [3.05, 3.63) is 36.2 Å². The molecule has 21 heavy (non-hydrogen) atoms. The Morgan fingerprint density at radius 2 is 2.00 bits per heavy atom. The SMILES string of the molecule is Cc1cc(OC(C)C)nc(-n2ncc3ccc(N)cc32)n1. The van der Waals surface area contributed by atoms with Gasteiger partial charge in [0.15, 0.2) is 0 Å². The predicted molar refractivity (Wildman–Crippen MR) is 81.6 cm³/mol. The molecule has 0 aliphatic carbocycles. The molecule has 0 saturated heterocycles. The number of hydrogen-bond donors (Lipinski definition) is 1. The molecule has 0 fully saturated rings. The van der Waals surface area contributed by atoms with Gasteiger partial charge in [-0.15, -0.1) is 0 Å². The molecule has 0 spiro atoms. The van der Waals surface area contributed by atoms with E-state index in [1.54, 1.807) is 10.9 Å². The number of anilines is 1. The number of ether oxygens (including phenoxy) is 1. The number of nitrogens with zero attached hydrogens (tertiary/aromatic N) is 4. The number of rotatable bonds is 3. The van der Waals surface area contributed by atoms with Crippen LogP contribution in [0.25, 0.3) is 16.9 Å². The predicted octanol–water partition coefficient (Wildman–Crippen LogP) is 2.49. The number of benzene rings is 1. The molecule has 0 radical (unpaired) electrons. The maximum absolute atomic E-state index is 5.85. The zero-order valence-electron chi connectivity index (χ0n) is 12.2. The molecule has 3 aromatic rings. The van der Waals surface area contributed by atoms with Crippen LogP contribution in [0.5, 0.6) is 5.88 Å². The van der Waals surface area contributed by atoms with Crippen molar-refractivity contribution in [3.8, 4) is 11.8 Å². The minimum absolute atomic E-state index is 0.0529. The summed E-state index contributed by atoms with van der Waals surface area (Å²) in [5.41, 5.74) is 8.22. The number of nitrogen functional groups attached to an aromatic ring is 1. The van der Waals surface area contributed by atoms with Gasteiger partial charge in [-0.1, -0.05) is 0 Å². The van der Waals surface area contributed by atoms with Gasteiger partial charge in [0.05, 0.1) is 17.8 Å². The van der Waals surface area contributed by atoms with Crippen LogP contribution < -0.4 is 10.5 Å². The van der Waals surface area contributed by atoms with Crippen molar-refractivity contribution in [1.82, 2.24) is 19.7 Å². The fourth-order valence-corrected chi connectivity index (χ4v) is 2.12. The maximum Gasteiger partial charge on any atom is 0.254 e. The van der Waals surface area contributed by atoms with E-state index in [0.717, 1.165) is 16.6 Å². The van der Waals surface area contributed by atoms with Crippen LogP contribution >= 0.6 is 0 Å². The van der Waals surface area contributed by atoms with E-state index in [9.17, 15) is 0 Å². The molecule has 0 amide bonds. The summed E-state index contributed by atoms with van der Waals surface area (Å²) in [4.78, 5) is 8.85. The number of hydrogen-bond acceptors (Lipinski definition) is 5. The van der Waals surface area contributed by atoms with Gasteiger partial charge in [0, 0.05) is 22.8 Å². The molecule has 108 valence electrons. The van der Waals surface area contributed by atoms with Gasteiger partial charge in [0.2, 0.25) is 5.88 Å². The van der Waals surface area contributed by atoms with E-state index in [1.165, 1.54) is 0 Å². The van der Waals surface area contributed by atoms with Crippen LogP contribution in [0, 0.1) is 6.92 Å². The summed E-state index contributed by atoms with van der Waals surface area (Å²) in [5, 5.41) is 5.34. The molecule has 0 atom stereocenters. The lowest BCUT2D eigenvalue weighted by Crippen LogP contribution is -2.10. The van der Waals surface area contributed by atoms with Crippen LogP contribution in [0.2, 0.25) is 0 Å². The summed E-state index contributed by atoms with van der Waals surface area (Å²) in [6.07, 6.45) is 1.82. The fraction of sp³-hybridized carbons (Fsp3) is 0.267. The van der Waals surface area contributed by atoms with Gasteiger partial charge in [0.25, 0.3) is 5.95 Å². The largest absolute Gasteiger partial charge is 0.475 e. The standard InChI is InChI=1S/C15H17N5O/c1-9(2)21-14-6-10(3)18-15(19-14)20-13-7-12(16)5-4-11(13)8-17-20/h4-9H,16H2,1-3H3. The van der Waals surface area contributed by atoms with Gasteiger partial charge in [-0.3, -0.25) is 0 Å². The van der Waals surface area contributed by atoms with E-state index in [2.05, 4.69) is 15.1 Å². The van der Waals surface area contributed by atoms with Crippen molar-refractivity contribution < 1.29 is 4.74 Å². The second kappa shape index (κ2) is 5.05. The highest BCUT2D eigenvalue weighted by atomic mass is 16.5. The van der Waals surface area contributed by atoms with Gasteiger partial charge < -0.3 is 10.5 Å². The second-order valence-corrected chi connectivity index (χ2v) is 5.19. The first-order chi connectivity index (χ1) is 10.0. The van der Waals surface area contributed by atoms with Crippen LogP contribution in [-0.4, -0.2) is 25.9 Å². The Labute approximate surface area is 122 Å². The zero-order valence-corrected chi connectivity index (χ0v) is 12.2. The number of aromatic nitrogens is 4. The molecule has 0 bridgehead atoms. The molecule has 2 N–H and O–H groups in total. The van der Waals surface area contributed by atoms with Crippen molar-refractivity contribution in [2.75, 3.05) is 5.73 Å². The van der Waals surface area contributed by atoms with E-state index < -0.39 is 0 Å². The fourth-order valence-electron chi connectivity index (χ4n) is 2.12. The summed E-state index contributed by atoms with van der Waals surface area (Å²) in [5.74, 6) is 1.02. The lowest BCUT2D eigenvalue weighted by molar-refractivity contribution is 0.231. The first kappa shape index (κ1) is 13.4. The van der Waals surface area contributed by atoms with Gasteiger partial charge in [-0.25, -0.2) is 4.98 Å². The smallest absolute Gasteiger partial charge is 0.254 e. The molecule has 3 rings (SSSR count). The average Bonchev–Trinajstić information content (AvgIpc) is 2.80. The molecule has 0 unspecified atom stereocenters. The molecule has 2 aromatic heterocycles. The zero-order chi connectivity index (χ0) is 15.0. The Balaban J connectivity index is 2.13. The van der Waals surface area contributed by atoms with Crippen molar-refractivity contribution in [1.29, 1.82) is 0 Å². The van der Waals surface area contributed by atoms with Crippen LogP contribution in [-0.2, 0) is 0 Å². The van der Waals surface area contributed by atoms with Crippen LogP contribution in [0.4, 0.5) is 5.69 Å². The Kier molecular flexibility index (Phi) is 3.21. The van der Waals surface area contributed by atoms with E-state index in [0.29, 0.717) is 17.5 Å². The van der Waals surface area contributed by atoms with Gasteiger partial charge in [-0.2, -0.15) is 14.8 Å². The second-order valence-electron chi connectivity index (χ2n) is 5.19. The Bertz CT molecular complexity index is 794. The van der Waals surface area contributed by atoms with Crippen LogP contribution in [0.15, 0.2) is 30.5 Å². The van der Waals surface area contributed by atoms with Gasteiger partial charge >= 0.3 is 0 Å². The monoisotopic (exact) mass is 283 g/mol. The summed E-state index contributed by atoms with van der Waals surface area (Å²) < 4.78 is 7.33. The topological polar surface area (TPSA) is 78.8 Å². The molecule has 1 aromatic carbocycles. The van der Waals surface area contributed by atoms with Crippen molar-refractivity contribution >= 4 is 16.6 Å². The van der Waals surface area contributed by atoms with E-state index in [1.807, 2.05) is 45.0 Å². The molecule has 0 saturated carbocycles. The third-order valence-corrected chi connectivity index (χ3v) is 2.96. The molecule has 2 heterocycles. The Morgan fingerprint density at radius 1 is 1.19 bits per heavy atom. The molecular formula is C15H17N5O. The van der Waals surface area contributed by atoms with Gasteiger partial charge in [-0.05, 0) is 39.0 Å². The minimum atomic E-state index is 0.0529. The van der Waals surface area contributed by atoms with Crippen molar-refractivity contribution in [2.24, 2.45) is 0 Å². The third kappa shape index (κ3) is 2.65. The first-order valence-electron chi connectivity index (χ1n) is 6.79. The number of fused-ring (bicyclic) bond motifs is 1. The highest BCUT2D eigenvalue weighted by molar-refractivity contribution is 5.82. The van der Waals surface area contributed by atoms with Crippen molar-refractivity contribution in [2.45, 2.75) is 26.9 Å². The first-order valence-corrected chi connectivity index (χ1v) is 6.79. The Morgan fingerprint density at radius 3 is 2.76 bits per heavy atom. The molecule has 0 aliphatic rings. The quantitative estimate of drug-likeness (QED) is 0.747. The minimum Gasteiger partial charge on any atom is -0.475 e. The molecule has 0 aliphatic heterocycles. The summed E-state index contributed by atoms with van der Waals surface area (Å²) in [6.45, 7) is 5.82. The van der Waals surface area contributed by atoms with Crippen LogP contribution in [0.1, 0.15) is 19.5 Å². The Hall–Kier alpha value is -2.63. The summed E-state index contributed by atoms with van der Waals surface area (Å²) in [6, 6.07) is 7.44. The van der Waals surface area contributed by atoms with E-state index in [-0.39, 0.29) is 6.10 Å². The van der Waals surface area contributed by atoms with Gasteiger partial charge in [0.1, 0.15) is 0 Å². The summed E-state index contributed by atoms with van der Waals surface area (Å²) >= 11 is 0. The van der Waals surface area contributed by atoms with E-state index in [4.69, 9.17) is 10.5 Å². The highest BCUT2D eigenvalue weighted by Crippen LogP contribution is 2.20. The lowest BCUT2D eigenvalue weighted by atomic mass is 10.2. The van der Waals surface area contributed by atoms with E-state index >= 15 is 0 Å². The normalized spacial score (nSPS) is 11.2. The number of nitrogens with two attached hydrogens (primary N) is 1. The molecular weight excluding hydrogens is 266 g/mol. The lowest BCUT2D eigenvalue weighted by Gasteiger charge is -2.10.